The van der Waals surface area contributed by atoms with E-state index < -0.39 is 0 Å². The third-order valence-corrected chi connectivity index (χ3v) is 8.72. The normalized spacial score (nSPS) is 10.6. The lowest BCUT2D eigenvalue weighted by molar-refractivity contribution is 0.101. The Hall–Kier alpha value is -3.88. The average molecular weight is 601 g/mol. The van der Waals surface area contributed by atoms with Crippen LogP contribution in [0.15, 0.2) is 107 Å². The van der Waals surface area contributed by atoms with E-state index in [1.54, 1.807) is 12.1 Å². The molecule has 2 N–H and O–H groups in total. The molecule has 0 aliphatic rings. The van der Waals surface area contributed by atoms with Crippen LogP contribution in [-0.4, -0.2) is 25.0 Å². The van der Waals surface area contributed by atoms with E-state index in [9.17, 15) is 9.59 Å². The van der Waals surface area contributed by atoms with Gasteiger partial charge in [0.25, 0.3) is 11.8 Å². The van der Waals surface area contributed by atoms with Crippen LogP contribution in [0, 0.1) is 0 Å². The van der Waals surface area contributed by atoms with Crippen LogP contribution in [0.5, 0.6) is 11.5 Å². The summed E-state index contributed by atoms with van der Waals surface area (Å²) in [6.07, 6.45) is 4.16. The Morgan fingerprint density at radius 2 is 0.952 bits per heavy atom. The van der Waals surface area contributed by atoms with Crippen LogP contribution in [0.1, 0.15) is 60.2 Å². The predicted molar refractivity (Wildman–Crippen MR) is 174 cm³/mol. The van der Waals surface area contributed by atoms with E-state index in [2.05, 4.69) is 24.5 Å². The molecule has 4 rings (SSSR count). The fourth-order valence-corrected chi connectivity index (χ4v) is 6.24. The van der Waals surface area contributed by atoms with Gasteiger partial charge >= 0.3 is 0 Å². The van der Waals surface area contributed by atoms with Crippen molar-refractivity contribution in [2.24, 2.45) is 0 Å². The van der Waals surface area contributed by atoms with Crippen LogP contribution < -0.4 is 20.1 Å². The molecule has 0 fully saturated rings. The number of benzene rings is 4. The zero-order valence-corrected chi connectivity index (χ0v) is 25.6. The van der Waals surface area contributed by atoms with Crippen molar-refractivity contribution in [2.45, 2.75) is 49.3 Å². The van der Waals surface area contributed by atoms with Gasteiger partial charge in [0.15, 0.2) is 0 Å². The van der Waals surface area contributed by atoms with Crippen molar-refractivity contribution >= 4 is 44.8 Å². The lowest BCUT2D eigenvalue weighted by Crippen LogP contribution is -2.13. The van der Waals surface area contributed by atoms with Crippen molar-refractivity contribution in [1.29, 1.82) is 0 Å². The highest BCUT2D eigenvalue weighted by Crippen LogP contribution is 2.40. The van der Waals surface area contributed by atoms with Gasteiger partial charge in [-0.2, -0.15) is 0 Å². The number of amides is 2. The largest absolute Gasteiger partial charge is 0.494 e. The maximum atomic E-state index is 13.2. The highest BCUT2D eigenvalue weighted by Gasteiger charge is 2.16. The van der Waals surface area contributed by atoms with Gasteiger partial charge in [-0.15, -0.1) is 0 Å². The predicted octanol–water partition coefficient (Wildman–Crippen LogP) is 9.35. The smallest absolute Gasteiger partial charge is 0.256 e. The second kappa shape index (κ2) is 16.5. The third-order valence-electron chi connectivity index (χ3n) is 6.24. The van der Waals surface area contributed by atoms with Crippen LogP contribution in [0.3, 0.4) is 0 Å². The summed E-state index contributed by atoms with van der Waals surface area (Å²) >= 11 is 0. The number of carbonyl (C=O) groups is 2. The van der Waals surface area contributed by atoms with Gasteiger partial charge in [-0.1, -0.05) is 72.5 Å². The van der Waals surface area contributed by atoms with Gasteiger partial charge in [0.2, 0.25) is 0 Å². The number of hydrogen-bond acceptors (Lipinski definition) is 6. The van der Waals surface area contributed by atoms with Gasteiger partial charge in [-0.3, -0.25) is 9.59 Å². The van der Waals surface area contributed by atoms with Crippen molar-refractivity contribution in [3.8, 4) is 11.5 Å². The molecule has 4 aromatic rings. The molecule has 0 heterocycles. The Kier molecular flexibility index (Phi) is 12.2. The quantitative estimate of drug-likeness (QED) is 0.105. The molecule has 218 valence electrons. The summed E-state index contributed by atoms with van der Waals surface area (Å²) in [7, 11) is 2.88. The van der Waals surface area contributed by atoms with Gasteiger partial charge in [-0.25, -0.2) is 0 Å². The lowest BCUT2D eigenvalue weighted by Gasteiger charge is -2.12. The highest BCUT2D eigenvalue weighted by atomic mass is 33.1. The summed E-state index contributed by atoms with van der Waals surface area (Å²) in [6, 6.07) is 29.7. The Morgan fingerprint density at radius 3 is 1.33 bits per heavy atom. The molecule has 2 amide bonds. The van der Waals surface area contributed by atoms with E-state index in [1.165, 1.54) is 21.6 Å². The Morgan fingerprint density at radius 1 is 0.571 bits per heavy atom. The maximum Gasteiger partial charge on any atom is 0.256 e. The van der Waals surface area contributed by atoms with E-state index in [1.807, 2.05) is 84.9 Å². The fourth-order valence-electron chi connectivity index (χ4n) is 3.88. The number of ether oxygens (including phenoxy) is 2. The van der Waals surface area contributed by atoms with E-state index in [0.717, 1.165) is 47.0 Å². The highest BCUT2D eigenvalue weighted by molar-refractivity contribution is 8.76. The second-order valence-electron chi connectivity index (χ2n) is 9.52. The molecule has 42 heavy (non-hydrogen) atoms. The zero-order valence-electron chi connectivity index (χ0n) is 23.9. The molecule has 0 atom stereocenters. The lowest BCUT2D eigenvalue weighted by atomic mass is 10.2. The molecule has 0 unspecified atom stereocenters. The number of unbranched alkanes of at least 4 members (excludes halogenated alkanes) is 2. The maximum absolute atomic E-state index is 13.2. The molecule has 0 saturated carbocycles. The number of nitrogens with one attached hydrogen (secondary N) is 2. The van der Waals surface area contributed by atoms with Gasteiger partial charge in [0.05, 0.1) is 24.3 Å². The molecule has 0 spiro atoms. The van der Waals surface area contributed by atoms with E-state index >= 15 is 0 Å². The molecule has 0 saturated heterocycles. The first kappa shape index (κ1) is 31.1. The van der Waals surface area contributed by atoms with Gasteiger partial charge in [0, 0.05) is 21.2 Å². The summed E-state index contributed by atoms with van der Waals surface area (Å²) < 4.78 is 11.4. The SMILES string of the molecule is CCCCOc1ccc(NC(=O)c2ccccc2SSc2ccccc2C(=O)Nc2ccc(OCCCC)cc2)cc1. The topological polar surface area (TPSA) is 76.7 Å². The Bertz CT molecular complexity index is 1330. The van der Waals surface area contributed by atoms with Gasteiger partial charge in [0.1, 0.15) is 11.5 Å². The Balaban J connectivity index is 1.38. The molecule has 0 aliphatic heterocycles. The molecular weight excluding hydrogens is 565 g/mol. The van der Waals surface area contributed by atoms with E-state index in [0.29, 0.717) is 35.7 Å². The summed E-state index contributed by atoms with van der Waals surface area (Å²) in [5.74, 6) is 1.16. The van der Waals surface area contributed by atoms with Crippen LogP contribution in [0.2, 0.25) is 0 Å². The fraction of sp³-hybridized carbons (Fsp3) is 0.235. The number of anilines is 2. The zero-order chi connectivity index (χ0) is 29.6. The number of hydrogen-bond donors (Lipinski definition) is 2. The summed E-state index contributed by atoms with van der Waals surface area (Å²) in [5.41, 5.74) is 2.50. The monoisotopic (exact) mass is 600 g/mol. The Labute approximate surface area is 256 Å². The van der Waals surface area contributed by atoms with E-state index in [4.69, 9.17) is 9.47 Å². The molecule has 0 aliphatic carbocycles. The van der Waals surface area contributed by atoms with Crippen molar-refractivity contribution < 1.29 is 19.1 Å². The molecule has 0 radical (unpaired) electrons. The standard InChI is InChI=1S/C34H36N2O4S2/c1-3-5-23-39-27-19-15-25(16-20-27)35-33(37)29-11-7-9-13-31(29)41-42-32-14-10-8-12-30(32)34(38)36-26-17-21-28(22-18-26)40-24-6-4-2/h7-22H,3-6,23-24H2,1-2H3,(H,35,37)(H,36,38). The van der Waals surface area contributed by atoms with Gasteiger partial charge in [-0.05, 0) is 85.6 Å². The molecule has 0 bridgehead atoms. The minimum atomic E-state index is -0.202. The van der Waals surface area contributed by atoms with Crippen molar-refractivity contribution in [2.75, 3.05) is 23.8 Å². The number of rotatable bonds is 15. The molecule has 8 heteroatoms. The first-order valence-electron chi connectivity index (χ1n) is 14.2. The average Bonchev–Trinajstić information content (AvgIpc) is 3.02. The van der Waals surface area contributed by atoms with Gasteiger partial charge < -0.3 is 20.1 Å². The molecule has 6 nitrogen and oxygen atoms in total. The van der Waals surface area contributed by atoms with Crippen LogP contribution in [0.4, 0.5) is 11.4 Å². The minimum absolute atomic E-state index is 0.202. The van der Waals surface area contributed by atoms with Crippen molar-refractivity contribution in [3.05, 3.63) is 108 Å². The summed E-state index contributed by atoms with van der Waals surface area (Å²) in [6.45, 7) is 5.60. The van der Waals surface area contributed by atoms with Crippen molar-refractivity contribution in [1.82, 2.24) is 0 Å². The molecular formula is C34H36N2O4S2. The van der Waals surface area contributed by atoms with E-state index in [-0.39, 0.29) is 11.8 Å². The van der Waals surface area contributed by atoms with Crippen LogP contribution in [0.25, 0.3) is 0 Å². The summed E-state index contributed by atoms with van der Waals surface area (Å²) in [4.78, 5) is 28.0. The van der Waals surface area contributed by atoms with Crippen LogP contribution in [-0.2, 0) is 0 Å². The number of carbonyl (C=O) groups excluding carboxylic acids is 2. The molecule has 4 aromatic carbocycles. The second-order valence-corrected chi connectivity index (χ2v) is 11.7. The first-order valence-corrected chi connectivity index (χ1v) is 16.3. The minimum Gasteiger partial charge on any atom is -0.494 e. The third kappa shape index (κ3) is 9.33. The first-order chi connectivity index (χ1) is 20.6. The van der Waals surface area contributed by atoms with Crippen LogP contribution >= 0.6 is 21.6 Å². The van der Waals surface area contributed by atoms with Crippen molar-refractivity contribution in [3.63, 3.8) is 0 Å². The molecule has 0 aromatic heterocycles. The summed E-state index contributed by atoms with van der Waals surface area (Å²) in [5, 5.41) is 5.95.